The Morgan fingerprint density at radius 3 is 2.65 bits per heavy atom. The van der Waals surface area contributed by atoms with Gasteiger partial charge in [-0.2, -0.15) is 0 Å². The van der Waals surface area contributed by atoms with Gasteiger partial charge in [-0.05, 0) is 0 Å². The van der Waals surface area contributed by atoms with Crippen molar-refractivity contribution in [1.29, 1.82) is 0 Å². The van der Waals surface area contributed by atoms with E-state index in [0.717, 1.165) is 27.7 Å². The van der Waals surface area contributed by atoms with Gasteiger partial charge in [0.2, 0.25) is 0 Å². The summed E-state index contributed by atoms with van der Waals surface area (Å²) in [6, 6.07) is 3.89. The van der Waals surface area contributed by atoms with Crippen molar-refractivity contribution in [2.45, 2.75) is 24.3 Å². The van der Waals surface area contributed by atoms with Gasteiger partial charge < -0.3 is 14.5 Å². The molecule has 1 N–H and O–H groups in total. The van der Waals surface area contributed by atoms with Crippen LogP contribution < -0.4 is 9.47 Å². The molecule has 0 unspecified atom stereocenters. The summed E-state index contributed by atoms with van der Waals surface area (Å²) in [5.41, 5.74) is 1.93. The molecule has 5 heteroatoms. The number of ether oxygens (including phenoxy) is 2. The molecule has 0 bridgehead atoms. The van der Waals surface area contributed by atoms with Crippen LogP contribution in [-0.4, -0.2) is 28.4 Å². The van der Waals surface area contributed by atoms with Crippen LogP contribution in [0.15, 0.2) is 17.3 Å². The SMILES string of the molecule is CC(C)Sc1nc2cc3c(cc2[nH]1)OCCO3. The van der Waals surface area contributed by atoms with E-state index in [-0.39, 0.29) is 0 Å². The van der Waals surface area contributed by atoms with Gasteiger partial charge in [0.1, 0.15) is 13.2 Å². The smallest absolute Gasteiger partial charge is 0.166 e. The van der Waals surface area contributed by atoms with E-state index in [4.69, 9.17) is 9.47 Å². The average Bonchev–Trinajstić information content (AvgIpc) is 2.65. The number of aromatic nitrogens is 2. The molecule has 2 aromatic rings. The standard InChI is InChI=1S/C12H14N2O2S/c1-7(2)17-12-13-8-5-10-11(6-9(8)14-12)16-4-3-15-10/h5-7H,3-4H2,1-2H3,(H,13,14). The molecule has 90 valence electrons. The van der Waals surface area contributed by atoms with Gasteiger partial charge in [0.05, 0.1) is 11.0 Å². The first-order valence-corrected chi connectivity index (χ1v) is 6.56. The molecule has 3 rings (SSSR count). The molecule has 0 atom stereocenters. The van der Waals surface area contributed by atoms with Crippen LogP contribution in [-0.2, 0) is 0 Å². The Morgan fingerprint density at radius 1 is 1.24 bits per heavy atom. The monoisotopic (exact) mass is 250 g/mol. The lowest BCUT2D eigenvalue weighted by atomic mass is 10.2. The van der Waals surface area contributed by atoms with Gasteiger partial charge in [0, 0.05) is 17.4 Å². The molecule has 0 amide bonds. The van der Waals surface area contributed by atoms with Gasteiger partial charge in [-0.15, -0.1) is 0 Å². The quantitative estimate of drug-likeness (QED) is 0.833. The number of rotatable bonds is 2. The van der Waals surface area contributed by atoms with Crippen molar-refractivity contribution in [3.05, 3.63) is 12.1 Å². The van der Waals surface area contributed by atoms with Crippen molar-refractivity contribution in [2.24, 2.45) is 0 Å². The van der Waals surface area contributed by atoms with Crippen LogP contribution in [0.5, 0.6) is 11.5 Å². The Morgan fingerprint density at radius 2 is 1.94 bits per heavy atom. The van der Waals surface area contributed by atoms with Crippen molar-refractivity contribution in [3.8, 4) is 11.5 Å². The molecule has 4 nitrogen and oxygen atoms in total. The summed E-state index contributed by atoms with van der Waals surface area (Å²) in [4.78, 5) is 7.83. The zero-order valence-corrected chi connectivity index (χ0v) is 10.6. The Balaban J connectivity index is 2.03. The second kappa shape index (κ2) is 4.14. The van der Waals surface area contributed by atoms with Crippen LogP contribution >= 0.6 is 11.8 Å². The van der Waals surface area contributed by atoms with Crippen molar-refractivity contribution in [1.82, 2.24) is 9.97 Å². The Kier molecular flexibility index (Phi) is 2.63. The van der Waals surface area contributed by atoms with E-state index in [1.54, 1.807) is 11.8 Å². The highest BCUT2D eigenvalue weighted by Gasteiger charge is 2.15. The number of H-pyrrole nitrogens is 1. The lowest BCUT2D eigenvalue weighted by Crippen LogP contribution is -2.15. The Bertz CT molecular complexity index is 508. The molecule has 1 aliphatic heterocycles. The van der Waals surface area contributed by atoms with Crippen LogP contribution in [0.1, 0.15) is 13.8 Å². The Hall–Kier alpha value is -1.36. The molecule has 0 saturated carbocycles. The van der Waals surface area contributed by atoms with Gasteiger partial charge in [0.15, 0.2) is 16.7 Å². The van der Waals surface area contributed by atoms with E-state index >= 15 is 0 Å². The van der Waals surface area contributed by atoms with Crippen LogP contribution in [0, 0.1) is 0 Å². The molecule has 0 fully saturated rings. The van der Waals surface area contributed by atoms with Crippen LogP contribution in [0.25, 0.3) is 11.0 Å². The normalized spacial score (nSPS) is 14.5. The fourth-order valence-corrected chi connectivity index (χ4v) is 2.57. The molecule has 1 aliphatic rings. The number of nitrogens with one attached hydrogen (secondary N) is 1. The first kappa shape index (κ1) is 10.8. The highest BCUT2D eigenvalue weighted by atomic mass is 32.2. The maximum Gasteiger partial charge on any atom is 0.166 e. The molecular formula is C12H14N2O2S. The highest BCUT2D eigenvalue weighted by Crippen LogP contribution is 2.34. The van der Waals surface area contributed by atoms with Gasteiger partial charge in [-0.3, -0.25) is 0 Å². The topological polar surface area (TPSA) is 47.1 Å². The number of aromatic amines is 1. The number of thioether (sulfide) groups is 1. The molecule has 1 aromatic carbocycles. The van der Waals surface area contributed by atoms with Gasteiger partial charge >= 0.3 is 0 Å². The highest BCUT2D eigenvalue weighted by molar-refractivity contribution is 7.99. The number of benzene rings is 1. The second-order valence-corrected chi connectivity index (χ2v) is 5.79. The summed E-state index contributed by atoms with van der Waals surface area (Å²) in [7, 11) is 0. The first-order chi connectivity index (χ1) is 8.22. The molecule has 0 saturated heterocycles. The summed E-state index contributed by atoms with van der Waals surface area (Å²) in [5, 5.41) is 1.45. The number of hydrogen-bond donors (Lipinski definition) is 1. The minimum Gasteiger partial charge on any atom is -0.486 e. The number of nitrogens with zero attached hydrogens (tertiary/aromatic N) is 1. The largest absolute Gasteiger partial charge is 0.486 e. The lowest BCUT2D eigenvalue weighted by molar-refractivity contribution is 0.172. The van der Waals surface area contributed by atoms with E-state index in [0.29, 0.717) is 18.5 Å². The first-order valence-electron chi connectivity index (χ1n) is 5.68. The third-order valence-corrected chi connectivity index (χ3v) is 3.36. The van der Waals surface area contributed by atoms with E-state index in [1.807, 2.05) is 12.1 Å². The molecule has 17 heavy (non-hydrogen) atoms. The number of fused-ring (bicyclic) bond motifs is 2. The fraction of sp³-hybridized carbons (Fsp3) is 0.417. The average molecular weight is 250 g/mol. The maximum absolute atomic E-state index is 5.54. The zero-order valence-electron chi connectivity index (χ0n) is 9.82. The van der Waals surface area contributed by atoms with Crippen LogP contribution in [0.3, 0.4) is 0 Å². The third-order valence-electron chi connectivity index (χ3n) is 2.47. The number of imidazole rings is 1. The van der Waals surface area contributed by atoms with Gasteiger partial charge in [-0.25, -0.2) is 4.98 Å². The van der Waals surface area contributed by atoms with Crippen LogP contribution in [0.4, 0.5) is 0 Å². The van der Waals surface area contributed by atoms with Crippen molar-refractivity contribution in [2.75, 3.05) is 13.2 Å². The molecule has 0 aliphatic carbocycles. The van der Waals surface area contributed by atoms with E-state index in [9.17, 15) is 0 Å². The molecule has 2 heterocycles. The summed E-state index contributed by atoms with van der Waals surface area (Å²) >= 11 is 1.72. The van der Waals surface area contributed by atoms with Crippen molar-refractivity contribution >= 4 is 22.8 Å². The van der Waals surface area contributed by atoms with E-state index < -0.39 is 0 Å². The molecule has 0 spiro atoms. The summed E-state index contributed by atoms with van der Waals surface area (Å²) in [6.45, 7) is 5.51. The zero-order chi connectivity index (χ0) is 11.8. The van der Waals surface area contributed by atoms with E-state index in [2.05, 4.69) is 23.8 Å². The minimum absolute atomic E-state index is 0.512. The minimum atomic E-state index is 0.512. The van der Waals surface area contributed by atoms with Crippen LogP contribution in [0.2, 0.25) is 0 Å². The second-order valence-electron chi connectivity index (χ2n) is 4.22. The van der Waals surface area contributed by atoms with Gasteiger partial charge in [-0.1, -0.05) is 25.6 Å². The van der Waals surface area contributed by atoms with Crippen molar-refractivity contribution in [3.63, 3.8) is 0 Å². The fourth-order valence-electron chi connectivity index (χ4n) is 1.80. The Labute approximate surface area is 104 Å². The summed E-state index contributed by atoms with van der Waals surface area (Å²) < 4.78 is 11.1. The predicted molar refractivity (Wildman–Crippen MR) is 68.1 cm³/mol. The van der Waals surface area contributed by atoms with Gasteiger partial charge in [0.25, 0.3) is 0 Å². The summed E-state index contributed by atoms with van der Waals surface area (Å²) in [5.74, 6) is 1.59. The lowest BCUT2D eigenvalue weighted by Gasteiger charge is -2.17. The number of hydrogen-bond acceptors (Lipinski definition) is 4. The molecule has 0 radical (unpaired) electrons. The van der Waals surface area contributed by atoms with E-state index in [1.165, 1.54) is 0 Å². The third kappa shape index (κ3) is 2.07. The molecule has 1 aromatic heterocycles. The van der Waals surface area contributed by atoms with Crippen molar-refractivity contribution < 1.29 is 9.47 Å². The maximum atomic E-state index is 5.54. The summed E-state index contributed by atoms with van der Waals surface area (Å²) in [6.07, 6.45) is 0. The predicted octanol–water partition coefficient (Wildman–Crippen LogP) is 2.83. The molecular weight excluding hydrogens is 236 g/mol.